The molecule has 0 fully saturated rings. The van der Waals surface area contributed by atoms with Crippen LogP contribution in [0.1, 0.15) is 18.5 Å². The molecule has 0 saturated carbocycles. The second kappa shape index (κ2) is 5.49. The van der Waals surface area contributed by atoms with Gasteiger partial charge in [0.1, 0.15) is 5.82 Å². The Kier molecular flexibility index (Phi) is 4.47. The van der Waals surface area contributed by atoms with Crippen molar-refractivity contribution in [2.75, 3.05) is 11.0 Å². The molecule has 0 spiro atoms. The van der Waals surface area contributed by atoms with E-state index in [0.717, 1.165) is 6.26 Å². The van der Waals surface area contributed by atoms with E-state index in [2.05, 4.69) is 22.3 Å². The second-order valence-corrected chi connectivity index (χ2v) is 6.03. The highest BCUT2D eigenvalue weighted by Gasteiger charge is 2.11. The Balaban J connectivity index is 2.95. The summed E-state index contributed by atoms with van der Waals surface area (Å²) < 4.78 is 37.7. The molecule has 8 heteroatoms. The van der Waals surface area contributed by atoms with E-state index in [4.69, 9.17) is 5.73 Å². The van der Waals surface area contributed by atoms with Crippen LogP contribution in [-0.2, 0) is 10.0 Å². The molecule has 0 aliphatic carbocycles. The van der Waals surface area contributed by atoms with Crippen molar-refractivity contribution in [1.82, 2.24) is 5.32 Å². The normalized spacial score (nSPS) is 12.8. The standard InChI is InChI=1S/C10H14FN3O2S2/c1-6(13-10(12)17)7-3-4-9(8(11)5-7)14-18(2,15)16/h3-6,14H,1-2H3,(H3,12,13,17). The number of rotatable bonds is 4. The minimum atomic E-state index is -3.50. The average molecular weight is 291 g/mol. The van der Waals surface area contributed by atoms with Crippen molar-refractivity contribution in [1.29, 1.82) is 0 Å². The molecule has 0 saturated heterocycles. The van der Waals surface area contributed by atoms with Gasteiger partial charge in [-0.05, 0) is 36.8 Å². The van der Waals surface area contributed by atoms with Crippen LogP contribution in [0.2, 0.25) is 0 Å². The first kappa shape index (κ1) is 14.7. The summed E-state index contributed by atoms with van der Waals surface area (Å²) in [5.74, 6) is -0.658. The van der Waals surface area contributed by atoms with Crippen molar-refractivity contribution in [2.24, 2.45) is 5.73 Å². The quantitative estimate of drug-likeness (QED) is 0.723. The fourth-order valence-electron chi connectivity index (χ4n) is 1.38. The van der Waals surface area contributed by atoms with Crippen LogP contribution in [0.5, 0.6) is 0 Å². The van der Waals surface area contributed by atoms with Crippen molar-refractivity contribution in [2.45, 2.75) is 13.0 Å². The molecule has 1 rings (SSSR count). The Bertz CT molecular complexity index is 560. The van der Waals surface area contributed by atoms with Crippen LogP contribution in [0.3, 0.4) is 0 Å². The van der Waals surface area contributed by atoms with E-state index in [1.54, 1.807) is 13.0 Å². The number of benzene rings is 1. The molecular weight excluding hydrogens is 277 g/mol. The third kappa shape index (κ3) is 4.46. The molecule has 100 valence electrons. The summed E-state index contributed by atoms with van der Waals surface area (Å²) in [4.78, 5) is 0. The van der Waals surface area contributed by atoms with E-state index in [0.29, 0.717) is 5.56 Å². The second-order valence-electron chi connectivity index (χ2n) is 3.84. The molecule has 0 aliphatic rings. The average Bonchev–Trinajstić information content (AvgIpc) is 2.18. The molecule has 18 heavy (non-hydrogen) atoms. The Morgan fingerprint density at radius 2 is 2.11 bits per heavy atom. The van der Waals surface area contributed by atoms with Crippen molar-refractivity contribution in [3.63, 3.8) is 0 Å². The van der Waals surface area contributed by atoms with Gasteiger partial charge in [-0.25, -0.2) is 12.8 Å². The summed E-state index contributed by atoms with van der Waals surface area (Å²) in [6.07, 6.45) is 0.956. The van der Waals surface area contributed by atoms with E-state index in [9.17, 15) is 12.8 Å². The lowest BCUT2D eigenvalue weighted by molar-refractivity contribution is 0.602. The first-order valence-electron chi connectivity index (χ1n) is 5.02. The maximum absolute atomic E-state index is 13.7. The highest BCUT2D eigenvalue weighted by Crippen LogP contribution is 2.20. The minimum absolute atomic E-state index is 0.0937. The Morgan fingerprint density at radius 3 is 2.56 bits per heavy atom. The first-order valence-corrected chi connectivity index (χ1v) is 7.32. The van der Waals surface area contributed by atoms with E-state index >= 15 is 0 Å². The van der Waals surface area contributed by atoms with E-state index in [-0.39, 0.29) is 16.8 Å². The smallest absolute Gasteiger partial charge is 0.229 e. The van der Waals surface area contributed by atoms with E-state index in [1.165, 1.54) is 12.1 Å². The molecule has 0 aromatic heterocycles. The topological polar surface area (TPSA) is 84.2 Å². The third-order valence-corrected chi connectivity index (χ3v) is 2.86. The summed E-state index contributed by atoms with van der Waals surface area (Å²) >= 11 is 4.68. The largest absolute Gasteiger partial charge is 0.376 e. The fourth-order valence-corrected chi connectivity index (χ4v) is 2.12. The summed E-state index contributed by atoms with van der Waals surface area (Å²) in [5.41, 5.74) is 5.83. The SMILES string of the molecule is CC(NC(N)=S)c1ccc(NS(C)(=O)=O)c(F)c1. The zero-order valence-corrected chi connectivity index (χ0v) is 11.5. The van der Waals surface area contributed by atoms with Gasteiger partial charge >= 0.3 is 0 Å². The number of nitrogens with one attached hydrogen (secondary N) is 2. The first-order chi connectivity index (χ1) is 8.19. The molecule has 0 aliphatic heterocycles. The van der Waals surface area contributed by atoms with Gasteiger partial charge in [0.25, 0.3) is 0 Å². The van der Waals surface area contributed by atoms with Gasteiger partial charge in [-0.15, -0.1) is 0 Å². The molecule has 0 heterocycles. The maximum atomic E-state index is 13.7. The number of nitrogens with two attached hydrogens (primary N) is 1. The molecule has 0 radical (unpaired) electrons. The molecule has 1 atom stereocenters. The van der Waals surface area contributed by atoms with Crippen LogP contribution < -0.4 is 15.8 Å². The van der Waals surface area contributed by atoms with Crippen LogP contribution in [0.25, 0.3) is 0 Å². The highest BCUT2D eigenvalue weighted by atomic mass is 32.2. The van der Waals surface area contributed by atoms with Crippen LogP contribution in [-0.4, -0.2) is 19.8 Å². The number of anilines is 1. The van der Waals surface area contributed by atoms with E-state index < -0.39 is 15.8 Å². The predicted octanol–water partition coefficient (Wildman–Crippen LogP) is 1.09. The van der Waals surface area contributed by atoms with Crippen molar-refractivity contribution >= 4 is 33.0 Å². The van der Waals surface area contributed by atoms with Crippen molar-refractivity contribution in [3.05, 3.63) is 29.6 Å². The van der Waals surface area contributed by atoms with Crippen LogP contribution in [0, 0.1) is 5.82 Å². The number of thiocarbonyl (C=S) groups is 1. The zero-order valence-electron chi connectivity index (χ0n) is 9.90. The van der Waals surface area contributed by atoms with Crippen LogP contribution >= 0.6 is 12.2 Å². The Hall–Kier alpha value is -1.41. The molecular formula is C10H14FN3O2S2. The lowest BCUT2D eigenvalue weighted by Gasteiger charge is -2.15. The number of sulfonamides is 1. The molecule has 5 nitrogen and oxygen atoms in total. The maximum Gasteiger partial charge on any atom is 0.229 e. The van der Waals surface area contributed by atoms with Crippen LogP contribution in [0.4, 0.5) is 10.1 Å². The van der Waals surface area contributed by atoms with Gasteiger partial charge in [-0.2, -0.15) is 0 Å². The van der Waals surface area contributed by atoms with E-state index in [1.807, 2.05) is 0 Å². The van der Waals surface area contributed by atoms with Gasteiger partial charge in [-0.3, -0.25) is 4.72 Å². The molecule has 1 aromatic carbocycles. The summed E-state index contributed by atoms with van der Waals surface area (Å²) in [7, 11) is -3.50. The highest BCUT2D eigenvalue weighted by molar-refractivity contribution is 7.92. The number of halogens is 1. The number of hydrogen-bond acceptors (Lipinski definition) is 3. The summed E-state index contributed by atoms with van der Waals surface area (Å²) in [6.45, 7) is 1.76. The van der Waals surface area contributed by atoms with Gasteiger partial charge < -0.3 is 11.1 Å². The van der Waals surface area contributed by atoms with Crippen LogP contribution in [0.15, 0.2) is 18.2 Å². The Morgan fingerprint density at radius 1 is 1.50 bits per heavy atom. The molecule has 0 amide bonds. The molecule has 4 N–H and O–H groups in total. The monoisotopic (exact) mass is 291 g/mol. The molecule has 0 bridgehead atoms. The van der Waals surface area contributed by atoms with Crippen molar-refractivity contribution < 1.29 is 12.8 Å². The van der Waals surface area contributed by atoms with Gasteiger partial charge in [0, 0.05) is 0 Å². The summed E-state index contributed by atoms with van der Waals surface area (Å²) in [5, 5.41) is 2.87. The number of hydrogen-bond donors (Lipinski definition) is 3. The predicted molar refractivity (Wildman–Crippen MR) is 73.2 cm³/mol. The Labute approximate surface area is 111 Å². The lowest BCUT2D eigenvalue weighted by atomic mass is 10.1. The minimum Gasteiger partial charge on any atom is -0.376 e. The lowest BCUT2D eigenvalue weighted by Crippen LogP contribution is -2.31. The molecule has 1 aromatic rings. The van der Waals surface area contributed by atoms with Gasteiger partial charge in [0.2, 0.25) is 10.0 Å². The zero-order chi connectivity index (χ0) is 13.9. The molecule has 1 unspecified atom stereocenters. The fraction of sp³-hybridized carbons (Fsp3) is 0.300. The summed E-state index contributed by atoms with van der Waals surface area (Å²) in [6, 6.07) is 3.91. The van der Waals surface area contributed by atoms with Gasteiger partial charge in [0.15, 0.2) is 5.11 Å². The third-order valence-electron chi connectivity index (χ3n) is 2.15. The van der Waals surface area contributed by atoms with Gasteiger partial charge in [-0.1, -0.05) is 6.07 Å². The van der Waals surface area contributed by atoms with Crippen molar-refractivity contribution in [3.8, 4) is 0 Å². The van der Waals surface area contributed by atoms with Gasteiger partial charge in [0.05, 0.1) is 18.0 Å².